The predicted octanol–water partition coefficient (Wildman–Crippen LogP) is 15.1. The highest BCUT2D eigenvalue weighted by molar-refractivity contribution is 5.30. The van der Waals surface area contributed by atoms with Gasteiger partial charge in [-0.2, -0.15) is 0 Å². The molecule has 2 saturated heterocycles. The number of hydrogen-bond acceptors (Lipinski definition) is 5. The molecule has 2 aliphatic heterocycles. The van der Waals surface area contributed by atoms with Gasteiger partial charge in [0, 0.05) is 65.4 Å². The molecule has 5 nitrogen and oxygen atoms in total. The lowest BCUT2D eigenvalue weighted by Crippen LogP contribution is -2.46. The van der Waals surface area contributed by atoms with Crippen LogP contribution in [0.3, 0.4) is 0 Å². The molecular weight excluding hydrogens is 781 g/mol. The fourth-order valence-corrected chi connectivity index (χ4v) is 11.2. The van der Waals surface area contributed by atoms with E-state index in [2.05, 4.69) is 107 Å². The summed E-state index contributed by atoms with van der Waals surface area (Å²) in [6, 6.07) is 6.95. The third-order valence-corrected chi connectivity index (χ3v) is 15.9. The minimum absolute atomic E-state index is 0.132. The van der Waals surface area contributed by atoms with Crippen molar-refractivity contribution in [2.24, 2.45) is 47.3 Å². The minimum Gasteiger partial charge on any atom is -0.392 e. The molecule has 374 valence electrons. The molecule has 6 unspecified atom stereocenters. The van der Waals surface area contributed by atoms with Crippen molar-refractivity contribution in [1.82, 2.24) is 19.6 Å². The molecule has 2 fully saturated rings. The van der Waals surface area contributed by atoms with E-state index in [-0.39, 0.29) is 6.61 Å². The van der Waals surface area contributed by atoms with Crippen molar-refractivity contribution in [3.8, 4) is 0 Å². The summed E-state index contributed by atoms with van der Waals surface area (Å²) in [5.41, 5.74) is 3.83. The Morgan fingerprint density at radius 1 is 0.328 bits per heavy atom. The van der Waals surface area contributed by atoms with Gasteiger partial charge in [-0.1, -0.05) is 203 Å². The summed E-state index contributed by atoms with van der Waals surface area (Å²) in [6.07, 6.45) is 31.0. The van der Waals surface area contributed by atoms with Crippen LogP contribution in [0.2, 0.25) is 0 Å². The number of hydrogen-bond donors (Lipinski definition) is 1. The van der Waals surface area contributed by atoms with E-state index in [4.69, 9.17) is 0 Å². The molecule has 0 amide bonds. The SMILES string of the molecule is CC(C)CCCC(C)CCCC(C)CCCC(C)CCCN1CCN(Cc2cc(CO)cc(CN3CCN(CCCC(C)CCCC(C)CCCC(C)CCCC(C)C)CC3)c2)CC1. The van der Waals surface area contributed by atoms with Gasteiger partial charge >= 0.3 is 0 Å². The molecule has 0 spiro atoms. The van der Waals surface area contributed by atoms with Gasteiger partial charge < -0.3 is 14.9 Å². The second-order valence-electron chi connectivity index (χ2n) is 23.8. The van der Waals surface area contributed by atoms with E-state index in [1.165, 1.54) is 192 Å². The van der Waals surface area contributed by atoms with E-state index in [0.717, 1.165) is 92.2 Å². The van der Waals surface area contributed by atoms with Gasteiger partial charge in [0.25, 0.3) is 0 Å². The van der Waals surface area contributed by atoms with Gasteiger partial charge in [-0.25, -0.2) is 0 Å². The van der Waals surface area contributed by atoms with E-state index >= 15 is 0 Å². The number of benzene rings is 1. The van der Waals surface area contributed by atoms with Gasteiger partial charge in [-0.15, -0.1) is 0 Å². The summed E-state index contributed by atoms with van der Waals surface area (Å²) >= 11 is 0. The highest BCUT2D eigenvalue weighted by Crippen LogP contribution is 2.26. The van der Waals surface area contributed by atoms with Crippen molar-refractivity contribution in [3.63, 3.8) is 0 Å². The number of aliphatic hydroxyl groups excluding tert-OH is 1. The molecule has 2 aliphatic rings. The van der Waals surface area contributed by atoms with Gasteiger partial charge in [0.15, 0.2) is 0 Å². The first-order valence-corrected chi connectivity index (χ1v) is 28.4. The highest BCUT2D eigenvalue weighted by atomic mass is 16.3. The molecule has 6 atom stereocenters. The standard InChI is InChI=1S/C59H112N4O/c1-49(2)19-11-21-51(5)23-13-25-53(7)27-15-29-55(9)31-17-33-60-35-39-62(40-36-60)46-57-43-58(45-59(44-57)48-64)47-63-41-37-61(38-42-63)34-18-32-56(10)30-16-28-54(8)26-14-24-52(6)22-12-20-50(3)4/h43-45,49-56,64H,11-42,46-48H2,1-10H3. The summed E-state index contributed by atoms with van der Waals surface area (Å²) < 4.78 is 0. The zero-order valence-electron chi connectivity index (χ0n) is 44.8. The summed E-state index contributed by atoms with van der Waals surface area (Å²) in [7, 11) is 0. The largest absolute Gasteiger partial charge is 0.392 e. The topological polar surface area (TPSA) is 33.2 Å². The minimum atomic E-state index is 0.132. The molecule has 5 heteroatoms. The Balaban J connectivity index is 1.21. The van der Waals surface area contributed by atoms with Crippen molar-refractivity contribution in [2.45, 2.75) is 230 Å². The van der Waals surface area contributed by atoms with Gasteiger partial charge in [0.2, 0.25) is 0 Å². The maximum atomic E-state index is 10.2. The summed E-state index contributed by atoms with van der Waals surface area (Å²) in [5, 5.41) is 10.2. The Morgan fingerprint density at radius 3 is 0.828 bits per heavy atom. The Hall–Kier alpha value is -0.980. The number of aliphatic hydroxyl groups is 1. The van der Waals surface area contributed by atoms with Crippen LogP contribution in [0.4, 0.5) is 0 Å². The highest BCUT2D eigenvalue weighted by Gasteiger charge is 2.20. The van der Waals surface area contributed by atoms with E-state index in [9.17, 15) is 5.11 Å². The summed E-state index contributed by atoms with van der Waals surface area (Å²) in [4.78, 5) is 10.7. The normalized spacial score (nSPS) is 19.1. The van der Waals surface area contributed by atoms with Crippen LogP contribution in [-0.4, -0.2) is 90.2 Å². The molecular formula is C59H112N4O. The molecule has 0 aliphatic carbocycles. The van der Waals surface area contributed by atoms with Gasteiger partial charge in [0.1, 0.15) is 0 Å². The van der Waals surface area contributed by atoms with Crippen molar-refractivity contribution in [1.29, 1.82) is 0 Å². The second kappa shape index (κ2) is 34.3. The first kappa shape index (κ1) is 57.3. The molecule has 0 radical (unpaired) electrons. The molecule has 0 aromatic heterocycles. The third kappa shape index (κ3) is 27.7. The fourth-order valence-electron chi connectivity index (χ4n) is 11.2. The van der Waals surface area contributed by atoms with Crippen molar-refractivity contribution < 1.29 is 5.11 Å². The van der Waals surface area contributed by atoms with Crippen LogP contribution in [-0.2, 0) is 19.7 Å². The lowest BCUT2D eigenvalue weighted by Gasteiger charge is -2.35. The monoisotopic (exact) mass is 893 g/mol. The van der Waals surface area contributed by atoms with Crippen molar-refractivity contribution in [2.75, 3.05) is 65.4 Å². The lowest BCUT2D eigenvalue weighted by molar-refractivity contribution is 0.122. The third-order valence-electron chi connectivity index (χ3n) is 15.9. The average Bonchev–Trinajstić information content (AvgIpc) is 3.24. The molecule has 1 aromatic carbocycles. The van der Waals surface area contributed by atoms with Crippen LogP contribution in [0.1, 0.15) is 227 Å². The van der Waals surface area contributed by atoms with Crippen LogP contribution >= 0.6 is 0 Å². The maximum absolute atomic E-state index is 10.2. The predicted molar refractivity (Wildman–Crippen MR) is 282 cm³/mol. The second-order valence-corrected chi connectivity index (χ2v) is 23.8. The lowest BCUT2D eigenvalue weighted by atomic mass is 9.90. The molecule has 1 aromatic rings. The molecule has 3 rings (SSSR count). The maximum Gasteiger partial charge on any atom is 0.0682 e. The zero-order chi connectivity index (χ0) is 46.5. The van der Waals surface area contributed by atoms with Gasteiger partial charge in [-0.05, 0) is 103 Å². The van der Waals surface area contributed by atoms with Crippen LogP contribution in [0.5, 0.6) is 0 Å². The first-order chi connectivity index (χ1) is 30.8. The summed E-state index contributed by atoms with van der Waals surface area (Å²) in [5.74, 6) is 7.05. The molecule has 64 heavy (non-hydrogen) atoms. The van der Waals surface area contributed by atoms with Crippen LogP contribution in [0.15, 0.2) is 18.2 Å². The Morgan fingerprint density at radius 2 is 0.562 bits per heavy atom. The summed E-state index contributed by atoms with van der Waals surface area (Å²) in [6.45, 7) is 38.4. The molecule has 0 bridgehead atoms. The van der Waals surface area contributed by atoms with Crippen molar-refractivity contribution in [3.05, 3.63) is 34.9 Å². The Labute approximate surface area is 401 Å². The number of piperazine rings is 2. The van der Waals surface area contributed by atoms with E-state index in [1.807, 2.05) is 0 Å². The van der Waals surface area contributed by atoms with Crippen molar-refractivity contribution >= 4 is 0 Å². The Bertz CT molecular complexity index is 1160. The van der Waals surface area contributed by atoms with Gasteiger partial charge in [0.05, 0.1) is 6.61 Å². The smallest absolute Gasteiger partial charge is 0.0682 e. The van der Waals surface area contributed by atoms with E-state index in [1.54, 1.807) is 0 Å². The zero-order valence-corrected chi connectivity index (χ0v) is 44.8. The number of nitrogens with zero attached hydrogens (tertiary/aromatic N) is 4. The van der Waals surface area contributed by atoms with Crippen LogP contribution < -0.4 is 0 Å². The molecule has 1 N–H and O–H groups in total. The van der Waals surface area contributed by atoms with E-state index < -0.39 is 0 Å². The molecule has 2 heterocycles. The Kier molecular flexibility index (Phi) is 30.8. The quantitative estimate of drug-likeness (QED) is 0.0720. The van der Waals surface area contributed by atoms with Gasteiger partial charge in [-0.3, -0.25) is 9.80 Å². The average molecular weight is 894 g/mol. The van der Waals surface area contributed by atoms with Crippen LogP contribution in [0, 0.1) is 47.3 Å². The molecule has 0 saturated carbocycles. The van der Waals surface area contributed by atoms with E-state index in [0.29, 0.717) is 0 Å². The number of rotatable bonds is 37. The first-order valence-electron chi connectivity index (χ1n) is 28.4. The fraction of sp³-hybridized carbons (Fsp3) is 0.898. The van der Waals surface area contributed by atoms with Crippen LogP contribution in [0.25, 0.3) is 0 Å².